The summed E-state index contributed by atoms with van der Waals surface area (Å²) < 4.78 is 12.3. The van der Waals surface area contributed by atoms with Gasteiger partial charge >= 0.3 is 0 Å². The Hall–Kier alpha value is -2.64. The largest absolute Gasteiger partial charge is 0.493 e. The van der Waals surface area contributed by atoms with Gasteiger partial charge in [-0.2, -0.15) is 0 Å². The van der Waals surface area contributed by atoms with E-state index in [0.717, 1.165) is 12.8 Å². The number of aliphatic hydroxyl groups is 2. The van der Waals surface area contributed by atoms with Gasteiger partial charge in [0.05, 0.1) is 23.3 Å². The average Bonchev–Trinajstić information content (AvgIpc) is 2.99. The van der Waals surface area contributed by atoms with Crippen LogP contribution in [-0.2, 0) is 16.1 Å². The molecule has 3 N–H and O–H groups in total. The Labute approximate surface area is 275 Å². The number of nitrogens with one attached hydrogen (secondary N) is 1. The number of ether oxygens (including phenoxy) is 2. The predicted octanol–water partition coefficient (Wildman–Crippen LogP) is 5.11. The second kappa shape index (κ2) is 17.0. The molecule has 0 radical (unpaired) electrons. The monoisotopic (exact) mass is 744 g/mol. The van der Waals surface area contributed by atoms with Gasteiger partial charge in [-0.05, 0) is 77.8 Å². The van der Waals surface area contributed by atoms with Crippen LogP contribution in [0.4, 0.5) is 0 Å². The van der Waals surface area contributed by atoms with Crippen LogP contribution < -0.4 is 14.8 Å². The molecule has 0 bridgehead atoms. The van der Waals surface area contributed by atoms with E-state index in [1.54, 1.807) is 30.3 Å². The van der Waals surface area contributed by atoms with E-state index in [-0.39, 0.29) is 55.5 Å². The minimum atomic E-state index is -1.26. The molecule has 2 amide bonds. The topological polar surface area (TPSA) is 125 Å². The Morgan fingerprint density at radius 2 is 2.00 bits per heavy atom. The van der Waals surface area contributed by atoms with E-state index >= 15 is 0 Å². The average molecular weight is 745 g/mol. The first-order chi connectivity index (χ1) is 20.6. The fraction of sp³-hybridized carbons (Fsp3) is 0.387. The lowest BCUT2D eigenvalue weighted by atomic mass is 9.87. The number of carbonyl (C=O) groups is 3. The molecule has 0 saturated heterocycles. The third-order valence-electron chi connectivity index (χ3n) is 6.98. The Bertz CT molecular complexity index is 1350. The van der Waals surface area contributed by atoms with Gasteiger partial charge in [0, 0.05) is 47.1 Å². The number of hydrogen-bond acceptors (Lipinski definition) is 7. The summed E-state index contributed by atoms with van der Waals surface area (Å²) >= 11 is 14.6. The normalized spacial score (nSPS) is 17.9. The van der Waals surface area contributed by atoms with Crippen molar-refractivity contribution in [2.75, 3.05) is 20.3 Å². The number of rotatable bonds is 15. The Morgan fingerprint density at radius 1 is 1.23 bits per heavy atom. The molecule has 43 heavy (non-hydrogen) atoms. The molecule has 1 aliphatic carbocycles. The van der Waals surface area contributed by atoms with Gasteiger partial charge in [-0.15, -0.1) is 6.58 Å². The molecule has 0 saturated carbocycles. The lowest BCUT2D eigenvalue weighted by molar-refractivity contribution is -0.139. The summed E-state index contributed by atoms with van der Waals surface area (Å²) in [4.78, 5) is 39.8. The van der Waals surface area contributed by atoms with E-state index in [4.69, 9.17) is 32.7 Å². The van der Waals surface area contributed by atoms with Gasteiger partial charge in [0.25, 0.3) is 0 Å². The molecule has 9 nitrogen and oxygen atoms in total. The second-order valence-electron chi connectivity index (χ2n) is 9.96. The molecule has 3 unspecified atom stereocenters. The van der Waals surface area contributed by atoms with E-state index in [1.165, 1.54) is 24.2 Å². The van der Waals surface area contributed by atoms with Crippen LogP contribution in [0.15, 0.2) is 54.6 Å². The standard InChI is InChI=1S/C31H35Cl2IN2O7/c1-3-4-5-6-7-28(39)36(17-20-8-9-22(32)16-23(20)33)25-14-21(31(41)35-10-11-37)15-26(29(25)40)43-30-24(34)12-19(18-38)13-27(30)42-2/h3,8-9,12-13,15-16,18,25-26,29,37,40H,1,4-7,10-11,14,17H2,2H3,(H,35,41). The lowest BCUT2D eigenvalue weighted by Crippen LogP contribution is -2.54. The lowest BCUT2D eigenvalue weighted by Gasteiger charge is -2.41. The molecule has 2 aromatic rings. The van der Waals surface area contributed by atoms with Crippen molar-refractivity contribution in [1.29, 1.82) is 0 Å². The fourth-order valence-electron chi connectivity index (χ4n) is 4.77. The number of allylic oxidation sites excluding steroid dienone is 1. The third kappa shape index (κ3) is 9.42. The summed E-state index contributed by atoms with van der Waals surface area (Å²) in [6.45, 7) is 3.56. The Balaban J connectivity index is 2.04. The summed E-state index contributed by atoms with van der Waals surface area (Å²) in [5.41, 5.74) is 1.28. The van der Waals surface area contributed by atoms with E-state index in [9.17, 15) is 24.6 Å². The highest BCUT2D eigenvalue weighted by atomic mass is 127. The summed E-state index contributed by atoms with van der Waals surface area (Å²) in [6.07, 6.45) is 4.04. The maximum Gasteiger partial charge on any atom is 0.247 e. The molecule has 12 heteroatoms. The van der Waals surface area contributed by atoms with Crippen LogP contribution in [0.1, 0.15) is 48.0 Å². The van der Waals surface area contributed by atoms with Crippen molar-refractivity contribution < 1.29 is 34.1 Å². The third-order valence-corrected chi connectivity index (χ3v) is 8.37. The number of amides is 2. The van der Waals surface area contributed by atoms with Gasteiger partial charge in [0.1, 0.15) is 18.5 Å². The van der Waals surface area contributed by atoms with Crippen molar-refractivity contribution in [2.24, 2.45) is 0 Å². The number of carbonyl (C=O) groups excluding carboxylic acids is 3. The first kappa shape index (κ1) is 34.8. The number of hydrogen-bond donors (Lipinski definition) is 3. The number of methoxy groups -OCH3 is 1. The molecule has 3 rings (SSSR count). The highest BCUT2D eigenvalue weighted by molar-refractivity contribution is 14.1. The predicted molar refractivity (Wildman–Crippen MR) is 174 cm³/mol. The van der Waals surface area contributed by atoms with Crippen LogP contribution in [0.3, 0.4) is 0 Å². The number of benzene rings is 2. The molecular weight excluding hydrogens is 710 g/mol. The van der Waals surface area contributed by atoms with Gasteiger partial charge in [-0.3, -0.25) is 14.4 Å². The maximum absolute atomic E-state index is 13.7. The van der Waals surface area contributed by atoms with Gasteiger partial charge in [-0.25, -0.2) is 0 Å². The number of nitrogens with zero attached hydrogens (tertiary/aromatic N) is 1. The smallest absolute Gasteiger partial charge is 0.247 e. The van der Waals surface area contributed by atoms with Crippen molar-refractivity contribution in [3.63, 3.8) is 0 Å². The first-order valence-corrected chi connectivity index (χ1v) is 15.6. The Morgan fingerprint density at radius 3 is 2.65 bits per heavy atom. The van der Waals surface area contributed by atoms with Crippen LogP contribution in [0.2, 0.25) is 10.0 Å². The minimum Gasteiger partial charge on any atom is -0.493 e. The molecule has 0 spiro atoms. The Kier molecular flexibility index (Phi) is 13.8. The van der Waals surface area contributed by atoms with E-state index < -0.39 is 24.2 Å². The molecule has 232 valence electrons. The van der Waals surface area contributed by atoms with E-state index in [1.807, 2.05) is 22.6 Å². The minimum absolute atomic E-state index is 0.0279. The van der Waals surface area contributed by atoms with Crippen molar-refractivity contribution in [1.82, 2.24) is 10.2 Å². The van der Waals surface area contributed by atoms with Crippen LogP contribution in [0.5, 0.6) is 11.5 Å². The van der Waals surface area contributed by atoms with Crippen molar-refractivity contribution in [3.05, 3.63) is 79.4 Å². The molecule has 0 fully saturated rings. The van der Waals surface area contributed by atoms with Crippen LogP contribution in [0, 0.1) is 3.57 Å². The summed E-state index contributed by atoms with van der Waals surface area (Å²) in [7, 11) is 1.43. The van der Waals surface area contributed by atoms with Gasteiger partial charge < -0.3 is 29.9 Å². The molecule has 3 atom stereocenters. The van der Waals surface area contributed by atoms with Gasteiger partial charge in [0.15, 0.2) is 11.5 Å². The molecule has 0 heterocycles. The zero-order valence-electron chi connectivity index (χ0n) is 23.7. The number of aldehydes is 1. The highest BCUT2D eigenvalue weighted by Crippen LogP contribution is 2.37. The van der Waals surface area contributed by atoms with Crippen molar-refractivity contribution >= 4 is 63.9 Å². The molecule has 2 aromatic carbocycles. The summed E-state index contributed by atoms with van der Waals surface area (Å²) in [6, 6.07) is 7.22. The SMILES string of the molecule is C=CCCCCC(=O)N(Cc1ccc(Cl)cc1Cl)C1CC(C(=O)NCCO)=CC(Oc2c(I)cc(C=O)cc2OC)C1O. The second-order valence-corrected chi connectivity index (χ2v) is 12.0. The first-order valence-electron chi connectivity index (χ1n) is 13.7. The molecular formula is C31H35Cl2IN2O7. The van der Waals surface area contributed by atoms with Crippen LogP contribution >= 0.6 is 45.8 Å². The van der Waals surface area contributed by atoms with Crippen LogP contribution in [0.25, 0.3) is 0 Å². The van der Waals surface area contributed by atoms with Gasteiger partial charge in [0.2, 0.25) is 11.8 Å². The molecule has 0 aliphatic heterocycles. The fourth-order valence-corrected chi connectivity index (χ4v) is 5.99. The zero-order chi connectivity index (χ0) is 31.5. The zero-order valence-corrected chi connectivity index (χ0v) is 27.4. The summed E-state index contributed by atoms with van der Waals surface area (Å²) in [5.74, 6) is -0.142. The molecule has 1 aliphatic rings. The van der Waals surface area contributed by atoms with Crippen molar-refractivity contribution in [3.8, 4) is 11.5 Å². The quantitative estimate of drug-likeness (QED) is 0.100. The van der Waals surface area contributed by atoms with E-state index in [2.05, 4.69) is 11.9 Å². The molecule has 0 aromatic heterocycles. The number of unbranched alkanes of at least 4 members (excludes halogenated alkanes) is 2. The highest BCUT2D eigenvalue weighted by Gasteiger charge is 2.41. The number of halogens is 3. The van der Waals surface area contributed by atoms with Gasteiger partial charge in [-0.1, -0.05) is 35.3 Å². The number of aliphatic hydroxyl groups excluding tert-OH is 2. The van der Waals surface area contributed by atoms with E-state index in [0.29, 0.717) is 37.4 Å². The summed E-state index contributed by atoms with van der Waals surface area (Å²) in [5, 5.41) is 24.4. The van der Waals surface area contributed by atoms with Crippen LogP contribution in [-0.4, -0.2) is 71.7 Å². The maximum atomic E-state index is 13.7. The van der Waals surface area contributed by atoms with Crippen molar-refractivity contribution in [2.45, 2.75) is 56.9 Å².